The summed E-state index contributed by atoms with van der Waals surface area (Å²) in [6.45, 7) is 6.58. The normalized spacial score (nSPS) is 13.1. The first-order valence-electron chi connectivity index (χ1n) is 19.6. The molecule has 0 saturated heterocycles. The highest BCUT2D eigenvalue weighted by Crippen LogP contribution is 2.14. The van der Waals surface area contributed by atoms with Crippen molar-refractivity contribution in [1.82, 2.24) is 21.3 Å². The summed E-state index contributed by atoms with van der Waals surface area (Å²) in [6.07, 6.45) is 5.21. The molecule has 22 heteroatoms. The van der Waals surface area contributed by atoms with Crippen molar-refractivity contribution in [2.24, 2.45) is 44.6 Å². The fourth-order valence-electron chi connectivity index (χ4n) is 5.28. The van der Waals surface area contributed by atoms with Crippen LogP contribution in [0.4, 0.5) is 13.2 Å². The van der Waals surface area contributed by atoms with E-state index in [9.17, 15) is 37.1 Å². The van der Waals surface area contributed by atoms with Crippen LogP contribution in [0, 0.1) is 5.92 Å². The molecule has 0 radical (unpaired) electrons. The van der Waals surface area contributed by atoms with Gasteiger partial charge in [-0.1, -0.05) is 59.3 Å². The van der Waals surface area contributed by atoms with Gasteiger partial charge in [0.15, 0.2) is 17.7 Å². The van der Waals surface area contributed by atoms with Crippen LogP contribution >= 0.6 is 11.6 Å². The second kappa shape index (κ2) is 32.5. The molecule has 0 aliphatic heterocycles. The zero-order valence-corrected chi connectivity index (χ0v) is 34.8. The third-order valence-electron chi connectivity index (χ3n) is 8.46. The molecule has 0 rings (SSSR count). The lowest BCUT2D eigenvalue weighted by Gasteiger charge is -2.28. The van der Waals surface area contributed by atoms with Gasteiger partial charge in [0, 0.05) is 19.5 Å². The predicted molar refractivity (Wildman–Crippen MR) is 217 cm³/mol. The number of alkyl halides is 4. The van der Waals surface area contributed by atoms with Crippen molar-refractivity contribution in [3.8, 4) is 0 Å². The van der Waals surface area contributed by atoms with E-state index in [2.05, 4.69) is 38.2 Å². The molecule has 336 valence electrons. The molecule has 0 aromatic rings. The number of carbonyl (C=O) groups is 6. The Labute approximate surface area is 344 Å². The topological polar surface area (TPSA) is 326 Å². The Hall–Kier alpha value is -4.40. The van der Waals surface area contributed by atoms with Crippen LogP contribution in [0.15, 0.2) is 9.98 Å². The summed E-state index contributed by atoms with van der Waals surface area (Å²) in [4.78, 5) is 82.9. The highest BCUT2D eigenvalue weighted by atomic mass is 35.5. The van der Waals surface area contributed by atoms with Crippen LogP contribution in [0.1, 0.15) is 117 Å². The Morgan fingerprint density at radius 2 is 1.10 bits per heavy atom. The molecule has 58 heavy (non-hydrogen) atoms. The summed E-state index contributed by atoms with van der Waals surface area (Å²) in [6, 6.07) is -3.91. The number of guanidine groups is 2. The van der Waals surface area contributed by atoms with Crippen molar-refractivity contribution in [3.05, 3.63) is 0 Å². The third-order valence-corrected chi connectivity index (χ3v) is 8.72. The van der Waals surface area contributed by atoms with Crippen LogP contribution in [0.25, 0.3) is 0 Å². The number of aliphatic imine (C=N–C) groups is 2. The molecule has 0 fully saturated rings. The number of carbonyl (C=O) groups excluding carboxylic acids is 5. The number of aliphatic carboxylic acids is 1. The van der Waals surface area contributed by atoms with Crippen molar-refractivity contribution >= 4 is 58.9 Å². The average Bonchev–Trinajstić information content (AvgIpc) is 3.14. The fourth-order valence-corrected chi connectivity index (χ4v) is 5.46. The van der Waals surface area contributed by atoms with Gasteiger partial charge in [0.2, 0.25) is 23.6 Å². The summed E-state index contributed by atoms with van der Waals surface area (Å²) < 4.78 is 31.7. The molecule has 0 unspecified atom stereocenters. The number of nitrogens with one attached hydrogen (secondary N) is 4. The number of amides is 4. The first-order chi connectivity index (χ1) is 27.2. The van der Waals surface area contributed by atoms with E-state index in [1.54, 1.807) is 13.8 Å². The Kier molecular flexibility index (Phi) is 31.3. The van der Waals surface area contributed by atoms with Gasteiger partial charge in [-0.2, -0.15) is 13.2 Å². The van der Waals surface area contributed by atoms with E-state index in [0.29, 0.717) is 38.6 Å². The maximum atomic E-state index is 13.7. The van der Waals surface area contributed by atoms with Crippen LogP contribution in [0.5, 0.6) is 0 Å². The molecule has 0 aromatic carbocycles. The first-order valence-corrected chi connectivity index (χ1v) is 20.1. The van der Waals surface area contributed by atoms with Crippen LogP contribution in [0.2, 0.25) is 0 Å². The largest absolute Gasteiger partial charge is 0.490 e. The summed E-state index contributed by atoms with van der Waals surface area (Å²) in [5.74, 6) is -5.98. The summed E-state index contributed by atoms with van der Waals surface area (Å²) in [7, 11) is 0. The smallest absolute Gasteiger partial charge is 0.475 e. The Morgan fingerprint density at radius 1 is 0.655 bits per heavy atom. The number of nitrogens with two attached hydrogens (primary N) is 5. The molecular weight excluding hydrogens is 791 g/mol. The van der Waals surface area contributed by atoms with E-state index in [0.717, 1.165) is 19.3 Å². The molecular formula is C36H67ClF3N11O7. The molecule has 0 aliphatic rings. The summed E-state index contributed by atoms with van der Waals surface area (Å²) in [5, 5.41) is 18.2. The van der Waals surface area contributed by atoms with Crippen LogP contribution in [-0.4, -0.2) is 108 Å². The number of hydrogen-bond donors (Lipinski definition) is 10. The lowest BCUT2D eigenvalue weighted by molar-refractivity contribution is -0.192. The lowest BCUT2D eigenvalue weighted by atomic mass is 10.00. The SMILES string of the molecule is CCCCCCCCCC(=O)N[C@@H](CCCN=C(N)N)C(=O)N[C@H](C(=O)N[C@H](CCCCN)C(=O)N[C@@H](CCCN=C(N)N)C(=O)CCl)C(C)C.O=C(O)C(F)(F)F. The van der Waals surface area contributed by atoms with Gasteiger partial charge in [-0.05, 0) is 63.8 Å². The van der Waals surface area contributed by atoms with E-state index in [4.69, 9.17) is 50.2 Å². The maximum absolute atomic E-state index is 13.7. The van der Waals surface area contributed by atoms with Gasteiger partial charge in [0.05, 0.1) is 11.9 Å². The van der Waals surface area contributed by atoms with E-state index in [1.165, 1.54) is 19.3 Å². The average molecular weight is 858 g/mol. The van der Waals surface area contributed by atoms with E-state index in [-0.39, 0.29) is 68.4 Å². The molecule has 15 N–H and O–H groups in total. The number of carboxylic acids is 1. The third kappa shape index (κ3) is 28.9. The van der Waals surface area contributed by atoms with Crippen molar-refractivity contribution in [3.63, 3.8) is 0 Å². The fraction of sp³-hybridized carbons (Fsp3) is 0.778. The quantitative estimate of drug-likeness (QED) is 0.0212. The standard InChI is InChI=1S/C34H66ClN11O5.C2HF3O2/c1-4-5-6-7-8-9-10-18-28(48)43-25(17-14-21-42-34(39)40)31(50)46-29(23(2)3)32(51)45-26(15-11-12-19-36)30(49)44-24(27(47)22-35)16-13-20-41-33(37)38;3-2(4,5)1(6)7/h23-26,29H,4-22,36H2,1-3H3,(H,43,48)(H,44,49)(H,45,51)(H,46,50)(H4,37,38,41)(H4,39,40,42);(H,6,7)/t24-,25-,26+,29-;/m0./s1. The highest BCUT2D eigenvalue weighted by molar-refractivity contribution is 6.28. The molecule has 0 saturated carbocycles. The number of hydrogen-bond acceptors (Lipinski definition) is 9. The van der Waals surface area contributed by atoms with Gasteiger partial charge in [-0.15, -0.1) is 11.6 Å². The van der Waals surface area contributed by atoms with Gasteiger partial charge >= 0.3 is 12.1 Å². The molecule has 0 aromatic heterocycles. The minimum atomic E-state index is -5.08. The molecule has 0 bridgehead atoms. The number of carboxylic acid groups (broad SMARTS) is 1. The molecule has 18 nitrogen and oxygen atoms in total. The van der Waals surface area contributed by atoms with Crippen LogP contribution in [0.3, 0.4) is 0 Å². The summed E-state index contributed by atoms with van der Waals surface area (Å²) in [5.41, 5.74) is 27.3. The number of rotatable bonds is 30. The minimum absolute atomic E-state index is 0.0788. The minimum Gasteiger partial charge on any atom is -0.475 e. The number of ketones is 1. The monoisotopic (exact) mass is 857 g/mol. The molecule has 0 aliphatic carbocycles. The number of halogens is 4. The van der Waals surface area contributed by atoms with Gasteiger partial charge in [-0.25, -0.2) is 4.79 Å². The second-order valence-electron chi connectivity index (χ2n) is 13.9. The van der Waals surface area contributed by atoms with E-state index >= 15 is 0 Å². The predicted octanol–water partition coefficient (Wildman–Crippen LogP) is 1.40. The van der Waals surface area contributed by atoms with Crippen molar-refractivity contribution < 1.29 is 47.0 Å². The molecule has 4 atom stereocenters. The first kappa shape index (κ1) is 55.7. The van der Waals surface area contributed by atoms with Crippen LogP contribution < -0.4 is 49.9 Å². The maximum Gasteiger partial charge on any atom is 0.490 e. The van der Waals surface area contributed by atoms with Crippen LogP contribution in [-0.2, 0) is 28.8 Å². The Bertz CT molecular complexity index is 1300. The number of nitrogens with zero attached hydrogens (tertiary/aromatic N) is 2. The molecule has 4 amide bonds. The zero-order valence-electron chi connectivity index (χ0n) is 34.0. The van der Waals surface area contributed by atoms with Gasteiger partial charge in [0.1, 0.15) is 18.1 Å². The second-order valence-corrected chi connectivity index (χ2v) is 14.2. The lowest BCUT2D eigenvalue weighted by Crippen LogP contribution is -2.59. The van der Waals surface area contributed by atoms with Gasteiger partial charge < -0.3 is 55.0 Å². The van der Waals surface area contributed by atoms with E-state index < -0.39 is 59.8 Å². The van der Waals surface area contributed by atoms with E-state index in [1.807, 2.05) is 0 Å². The highest BCUT2D eigenvalue weighted by Gasteiger charge is 2.38. The van der Waals surface area contributed by atoms with Crippen molar-refractivity contribution in [1.29, 1.82) is 0 Å². The van der Waals surface area contributed by atoms with Gasteiger partial charge in [0.25, 0.3) is 0 Å². The Morgan fingerprint density at radius 3 is 1.57 bits per heavy atom. The molecule has 0 heterocycles. The number of unbranched alkanes of at least 4 members (excludes halogenated alkanes) is 7. The molecule has 0 spiro atoms. The van der Waals surface area contributed by atoms with Crippen molar-refractivity contribution in [2.45, 2.75) is 147 Å². The summed E-state index contributed by atoms with van der Waals surface area (Å²) >= 11 is 5.81. The number of Topliss-reactive ketones (excluding diaryl/α,β-unsaturated/α-hetero) is 1. The zero-order chi connectivity index (χ0) is 44.7. The van der Waals surface area contributed by atoms with Crippen molar-refractivity contribution in [2.75, 3.05) is 25.5 Å². The Balaban J connectivity index is 0. The van der Waals surface area contributed by atoms with Gasteiger partial charge in [-0.3, -0.25) is 34.0 Å².